The van der Waals surface area contributed by atoms with Gasteiger partial charge in [0, 0.05) is 11.9 Å². The van der Waals surface area contributed by atoms with E-state index in [1.165, 1.54) is 5.56 Å². The predicted octanol–water partition coefficient (Wildman–Crippen LogP) is 4.01. The molecule has 2 aromatic rings. The van der Waals surface area contributed by atoms with Crippen LogP contribution in [0.4, 0.5) is 0 Å². The largest absolute Gasteiger partial charge is 0.248 e. The zero-order valence-corrected chi connectivity index (χ0v) is 11.5. The summed E-state index contributed by atoms with van der Waals surface area (Å²) in [6.07, 6.45) is 1.79. The molecule has 0 saturated carbocycles. The third-order valence-corrected chi connectivity index (χ3v) is 3.84. The summed E-state index contributed by atoms with van der Waals surface area (Å²) in [7, 11) is 0. The molecule has 16 heavy (non-hydrogen) atoms. The van der Waals surface area contributed by atoms with Crippen LogP contribution in [0.5, 0.6) is 0 Å². The Morgan fingerprint density at radius 2 is 2.06 bits per heavy atom. The molecule has 0 saturated heterocycles. The number of aryl methyl sites for hydroxylation is 2. The quantitative estimate of drug-likeness (QED) is 0.837. The molecule has 82 valence electrons. The lowest BCUT2D eigenvalue weighted by molar-refractivity contribution is 1.03. The maximum absolute atomic E-state index is 4.47. The van der Waals surface area contributed by atoms with Crippen molar-refractivity contribution >= 4 is 27.7 Å². The van der Waals surface area contributed by atoms with E-state index >= 15 is 0 Å². The van der Waals surface area contributed by atoms with Crippen LogP contribution in [0, 0.1) is 13.8 Å². The van der Waals surface area contributed by atoms with Crippen LogP contribution in [0.25, 0.3) is 0 Å². The second-order valence-electron chi connectivity index (χ2n) is 3.52. The van der Waals surface area contributed by atoms with Gasteiger partial charge in [0.05, 0.1) is 4.47 Å². The van der Waals surface area contributed by atoms with Crippen LogP contribution in [-0.2, 0) is 0 Å². The van der Waals surface area contributed by atoms with Crippen molar-refractivity contribution in [2.24, 2.45) is 0 Å². The highest BCUT2D eigenvalue weighted by Crippen LogP contribution is 2.30. The van der Waals surface area contributed by atoms with Gasteiger partial charge in [0.1, 0.15) is 10.1 Å². The highest BCUT2D eigenvalue weighted by molar-refractivity contribution is 9.10. The maximum atomic E-state index is 4.47. The molecule has 0 bridgehead atoms. The third kappa shape index (κ3) is 2.83. The number of nitrogens with zero attached hydrogens (tertiary/aromatic N) is 2. The summed E-state index contributed by atoms with van der Waals surface area (Å²) >= 11 is 5.05. The molecule has 2 rings (SSSR count). The Hall–Kier alpha value is -0.870. The van der Waals surface area contributed by atoms with Gasteiger partial charge in [-0.3, -0.25) is 0 Å². The van der Waals surface area contributed by atoms with Crippen molar-refractivity contribution in [1.82, 2.24) is 9.97 Å². The fraction of sp³-hybridized carbons (Fsp3) is 0.167. The molecule has 0 radical (unpaired) electrons. The fourth-order valence-electron chi connectivity index (χ4n) is 1.40. The molecule has 2 aromatic heterocycles. The first-order chi connectivity index (χ1) is 7.65. The van der Waals surface area contributed by atoms with E-state index in [1.807, 2.05) is 19.1 Å². The van der Waals surface area contributed by atoms with Gasteiger partial charge in [0.15, 0.2) is 0 Å². The molecule has 0 N–H and O–H groups in total. The van der Waals surface area contributed by atoms with Crippen molar-refractivity contribution in [3.8, 4) is 0 Å². The van der Waals surface area contributed by atoms with Gasteiger partial charge in [0.25, 0.3) is 0 Å². The van der Waals surface area contributed by atoms with Crippen LogP contribution in [0.3, 0.4) is 0 Å². The zero-order chi connectivity index (χ0) is 11.5. The minimum Gasteiger partial charge on any atom is -0.248 e. The molecule has 0 fully saturated rings. The topological polar surface area (TPSA) is 25.8 Å². The normalized spacial score (nSPS) is 10.4. The molecular formula is C12H11BrN2S. The smallest absolute Gasteiger partial charge is 0.116 e. The van der Waals surface area contributed by atoms with Gasteiger partial charge in [-0.05, 0) is 71.4 Å². The Kier molecular flexibility index (Phi) is 3.61. The average molecular weight is 295 g/mol. The van der Waals surface area contributed by atoms with Crippen molar-refractivity contribution in [3.05, 3.63) is 46.2 Å². The fourth-order valence-corrected chi connectivity index (χ4v) is 2.81. The summed E-state index contributed by atoms with van der Waals surface area (Å²) in [4.78, 5) is 8.78. The van der Waals surface area contributed by atoms with E-state index in [4.69, 9.17) is 0 Å². The average Bonchev–Trinajstić information content (AvgIpc) is 2.20. The molecule has 4 heteroatoms. The van der Waals surface area contributed by atoms with Crippen LogP contribution < -0.4 is 0 Å². The summed E-state index contributed by atoms with van der Waals surface area (Å²) < 4.78 is 1.00. The zero-order valence-electron chi connectivity index (χ0n) is 9.07. The van der Waals surface area contributed by atoms with Crippen LogP contribution in [-0.4, -0.2) is 9.97 Å². The first-order valence-corrected chi connectivity index (χ1v) is 6.50. The summed E-state index contributed by atoms with van der Waals surface area (Å²) in [6.45, 7) is 4.08. The minimum atomic E-state index is 0.944. The summed E-state index contributed by atoms with van der Waals surface area (Å²) in [5.41, 5.74) is 2.26. The molecule has 0 aromatic carbocycles. The SMILES string of the molecule is Cc1cc(C)nc(Sc2ncccc2Br)c1. The first-order valence-electron chi connectivity index (χ1n) is 4.89. The molecule has 0 aliphatic carbocycles. The predicted molar refractivity (Wildman–Crippen MR) is 69.8 cm³/mol. The van der Waals surface area contributed by atoms with E-state index in [-0.39, 0.29) is 0 Å². The maximum Gasteiger partial charge on any atom is 0.116 e. The van der Waals surface area contributed by atoms with E-state index in [1.54, 1.807) is 18.0 Å². The van der Waals surface area contributed by atoms with Crippen molar-refractivity contribution in [3.63, 3.8) is 0 Å². The highest BCUT2D eigenvalue weighted by Gasteiger charge is 2.05. The number of pyridine rings is 2. The lowest BCUT2D eigenvalue weighted by Gasteiger charge is -2.04. The Labute approximate surface area is 108 Å². The van der Waals surface area contributed by atoms with Crippen molar-refractivity contribution < 1.29 is 0 Å². The molecule has 0 aliphatic heterocycles. The van der Waals surface area contributed by atoms with Crippen LogP contribution in [0.1, 0.15) is 11.3 Å². The second kappa shape index (κ2) is 4.97. The molecule has 2 heterocycles. The second-order valence-corrected chi connectivity index (χ2v) is 5.38. The minimum absolute atomic E-state index is 0.944. The van der Waals surface area contributed by atoms with E-state index in [0.29, 0.717) is 0 Å². The number of hydrogen-bond acceptors (Lipinski definition) is 3. The number of halogens is 1. The van der Waals surface area contributed by atoms with Gasteiger partial charge < -0.3 is 0 Å². The Morgan fingerprint density at radius 3 is 2.75 bits per heavy atom. The van der Waals surface area contributed by atoms with E-state index < -0.39 is 0 Å². The molecular weight excluding hydrogens is 284 g/mol. The van der Waals surface area contributed by atoms with E-state index in [2.05, 4.69) is 45.0 Å². The monoisotopic (exact) mass is 294 g/mol. The van der Waals surface area contributed by atoms with Gasteiger partial charge in [-0.1, -0.05) is 0 Å². The van der Waals surface area contributed by atoms with Crippen molar-refractivity contribution in [2.75, 3.05) is 0 Å². The van der Waals surface area contributed by atoms with Gasteiger partial charge in [0.2, 0.25) is 0 Å². The molecule has 0 spiro atoms. The van der Waals surface area contributed by atoms with Crippen molar-refractivity contribution in [2.45, 2.75) is 23.9 Å². The van der Waals surface area contributed by atoms with Crippen LogP contribution in [0.15, 0.2) is 45.0 Å². The summed E-state index contributed by atoms with van der Waals surface area (Å²) in [5.74, 6) is 0. The first kappa shape index (κ1) is 11.6. The lowest BCUT2D eigenvalue weighted by atomic mass is 10.3. The third-order valence-electron chi connectivity index (χ3n) is 2.00. The Bertz CT molecular complexity index is 494. The highest BCUT2D eigenvalue weighted by atomic mass is 79.9. The summed E-state index contributed by atoms with van der Waals surface area (Å²) in [5, 5.41) is 1.93. The molecule has 0 unspecified atom stereocenters. The Balaban J connectivity index is 2.30. The van der Waals surface area contributed by atoms with Gasteiger partial charge in [-0.15, -0.1) is 0 Å². The molecule has 0 atom stereocenters. The van der Waals surface area contributed by atoms with Crippen LogP contribution in [0.2, 0.25) is 0 Å². The number of aromatic nitrogens is 2. The van der Waals surface area contributed by atoms with E-state index in [0.717, 1.165) is 20.2 Å². The molecule has 0 aliphatic rings. The lowest BCUT2D eigenvalue weighted by Crippen LogP contribution is -1.88. The standard InChI is InChI=1S/C12H11BrN2S/c1-8-6-9(2)15-11(7-8)16-12-10(13)4-3-5-14-12/h3-7H,1-2H3. The Morgan fingerprint density at radius 1 is 1.25 bits per heavy atom. The van der Waals surface area contributed by atoms with Gasteiger partial charge >= 0.3 is 0 Å². The number of rotatable bonds is 2. The van der Waals surface area contributed by atoms with Gasteiger partial charge in [-0.25, -0.2) is 9.97 Å². The van der Waals surface area contributed by atoms with Crippen LogP contribution >= 0.6 is 27.7 Å². The van der Waals surface area contributed by atoms with Crippen molar-refractivity contribution in [1.29, 1.82) is 0 Å². The number of hydrogen-bond donors (Lipinski definition) is 0. The molecule has 2 nitrogen and oxygen atoms in total. The molecule has 0 amide bonds. The van der Waals surface area contributed by atoms with E-state index in [9.17, 15) is 0 Å². The van der Waals surface area contributed by atoms with Gasteiger partial charge in [-0.2, -0.15) is 0 Å². The summed E-state index contributed by atoms with van der Waals surface area (Å²) in [6, 6.07) is 8.03.